The van der Waals surface area contributed by atoms with Gasteiger partial charge in [0.25, 0.3) is 6.47 Å². The van der Waals surface area contributed by atoms with Gasteiger partial charge in [0.05, 0.1) is 11.0 Å². The van der Waals surface area contributed by atoms with Gasteiger partial charge in [0, 0.05) is 30.6 Å². The van der Waals surface area contributed by atoms with Crippen LogP contribution in [0.15, 0.2) is 47.4 Å². The van der Waals surface area contributed by atoms with Crippen LogP contribution in [0.25, 0.3) is 11.0 Å². The van der Waals surface area contributed by atoms with E-state index in [0.29, 0.717) is 5.92 Å². The molecule has 0 saturated carbocycles. The normalized spacial score (nSPS) is 10.7. The van der Waals surface area contributed by atoms with Gasteiger partial charge in [-0.3, -0.25) is 4.79 Å². The molecule has 3 rings (SSSR count). The molecule has 30 heavy (non-hydrogen) atoms. The molecule has 0 bridgehead atoms. The maximum Gasteiger partial charge on any atom is 0.290 e. The van der Waals surface area contributed by atoms with E-state index in [1.54, 1.807) is 11.9 Å². The molecule has 0 aliphatic rings. The van der Waals surface area contributed by atoms with E-state index in [-0.39, 0.29) is 12.3 Å². The van der Waals surface area contributed by atoms with Crippen molar-refractivity contribution in [2.75, 3.05) is 10.8 Å². The fourth-order valence-electron chi connectivity index (χ4n) is 3.07. The van der Waals surface area contributed by atoms with Crippen LogP contribution in [-0.4, -0.2) is 27.7 Å². The second kappa shape index (κ2) is 11.6. The van der Waals surface area contributed by atoms with Gasteiger partial charge in [-0.2, -0.15) is 0 Å². The van der Waals surface area contributed by atoms with Gasteiger partial charge in [-0.1, -0.05) is 20.8 Å². The molecule has 1 N–H and O–H groups in total. The first-order valence-electron chi connectivity index (χ1n) is 10.1. The van der Waals surface area contributed by atoms with Crippen molar-refractivity contribution >= 4 is 35.1 Å². The van der Waals surface area contributed by atoms with Crippen molar-refractivity contribution in [1.82, 2.24) is 9.55 Å². The third-order valence-electron chi connectivity index (χ3n) is 4.66. The number of carboxylic acid groups (broad SMARTS) is 1. The molecule has 7 heteroatoms. The first-order valence-corrected chi connectivity index (χ1v) is 10.9. The number of anilines is 1. The number of imidazole rings is 1. The molecule has 0 spiro atoms. The minimum Gasteiger partial charge on any atom is -0.483 e. The molecule has 0 amide bonds. The number of aryl methyl sites for hydroxylation is 2. The van der Waals surface area contributed by atoms with Crippen LogP contribution < -0.4 is 4.31 Å². The Morgan fingerprint density at radius 2 is 1.90 bits per heavy atom. The largest absolute Gasteiger partial charge is 0.483 e. The number of nitrogens with zero attached hydrogens (tertiary/aromatic N) is 3. The number of carbonyl (C=O) groups is 1. The van der Waals surface area contributed by atoms with Crippen molar-refractivity contribution in [3.63, 3.8) is 0 Å². The zero-order valence-corrected chi connectivity index (χ0v) is 18.8. The average molecular weight is 432 g/mol. The van der Waals surface area contributed by atoms with Crippen LogP contribution in [0.3, 0.4) is 0 Å². The Balaban J connectivity index is 0.00000101. The van der Waals surface area contributed by atoms with Gasteiger partial charge in [0.1, 0.15) is 11.6 Å². The van der Waals surface area contributed by atoms with E-state index in [4.69, 9.17) is 14.9 Å². The molecule has 0 saturated heterocycles. The average Bonchev–Trinajstić information content (AvgIpc) is 3.02. The highest BCUT2D eigenvalue weighted by Gasteiger charge is 2.13. The summed E-state index contributed by atoms with van der Waals surface area (Å²) in [6, 6.07) is 13.2. The van der Waals surface area contributed by atoms with E-state index in [1.165, 1.54) is 12.1 Å². The Labute approximate surface area is 182 Å². The second-order valence-electron chi connectivity index (χ2n) is 7.45. The minimum absolute atomic E-state index is 0.202. The quantitative estimate of drug-likeness (QED) is 0.354. The van der Waals surface area contributed by atoms with E-state index in [9.17, 15) is 4.39 Å². The van der Waals surface area contributed by atoms with Crippen molar-refractivity contribution in [1.29, 1.82) is 0 Å². The van der Waals surface area contributed by atoms with Crippen LogP contribution in [0.4, 0.5) is 10.1 Å². The molecule has 2 aromatic carbocycles. The summed E-state index contributed by atoms with van der Waals surface area (Å²) in [7, 11) is 2.09. The smallest absolute Gasteiger partial charge is 0.290 e. The number of fused-ring (bicyclic) bond motifs is 1. The van der Waals surface area contributed by atoms with Crippen molar-refractivity contribution in [2.24, 2.45) is 13.0 Å². The standard InChI is InChI=1S/C22H28FN3S.CH2O2/c1-5-6-22-24-20-15-18(9-12-21(20)25(22)4)26(14-13-16(2)3)27-19-10-7-17(23)8-11-19;2-1-3/h7-12,15-16H,5-6,13-14H2,1-4H3;1H,(H,2,3). The van der Waals surface area contributed by atoms with Gasteiger partial charge in [0.15, 0.2) is 0 Å². The zero-order chi connectivity index (χ0) is 22.1. The molecule has 0 aliphatic heterocycles. The molecule has 0 aliphatic carbocycles. The van der Waals surface area contributed by atoms with Gasteiger partial charge in [-0.25, -0.2) is 9.37 Å². The van der Waals surface area contributed by atoms with Gasteiger partial charge in [-0.05, 0) is 73.2 Å². The maximum atomic E-state index is 13.2. The molecule has 1 aromatic heterocycles. The van der Waals surface area contributed by atoms with Crippen LogP contribution in [0.5, 0.6) is 0 Å². The SMILES string of the molecule is CCCc1nc2cc(N(CCC(C)C)Sc3ccc(F)cc3)ccc2n1C.O=CO. The zero-order valence-electron chi connectivity index (χ0n) is 18.0. The van der Waals surface area contributed by atoms with Crippen molar-refractivity contribution < 1.29 is 14.3 Å². The lowest BCUT2D eigenvalue weighted by atomic mass is 10.1. The molecule has 3 aromatic rings. The van der Waals surface area contributed by atoms with Gasteiger partial charge in [-0.15, -0.1) is 0 Å². The number of rotatable bonds is 8. The molecule has 0 unspecified atom stereocenters. The maximum absolute atomic E-state index is 13.2. The van der Waals surface area contributed by atoms with Crippen LogP contribution in [0, 0.1) is 11.7 Å². The lowest BCUT2D eigenvalue weighted by Crippen LogP contribution is -2.17. The summed E-state index contributed by atoms with van der Waals surface area (Å²) in [5.41, 5.74) is 3.34. The summed E-state index contributed by atoms with van der Waals surface area (Å²) in [5, 5.41) is 6.89. The predicted octanol–water partition coefficient (Wildman–Crippen LogP) is 5.93. The van der Waals surface area contributed by atoms with E-state index in [1.807, 2.05) is 12.1 Å². The first kappa shape index (κ1) is 23.7. The third kappa shape index (κ3) is 6.49. The first-order chi connectivity index (χ1) is 14.4. The van der Waals surface area contributed by atoms with Gasteiger partial charge >= 0.3 is 0 Å². The van der Waals surface area contributed by atoms with E-state index in [0.717, 1.165) is 53.2 Å². The van der Waals surface area contributed by atoms with E-state index >= 15 is 0 Å². The van der Waals surface area contributed by atoms with Crippen molar-refractivity contribution in [2.45, 2.75) is 44.9 Å². The van der Waals surface area contributed by atoms with E-state index in [2.05, 4.69) is 54.9 Å². The number of benzene rings is 2. The Morgan fingerprint density at radius 3 is 2.50 bits per heavy atom. The highest BCUT2D eigenvalue weighted by Crippen LogP contribution is 2.32. The number of hydrogen-bond acceptors (Lipinski definition) is 4. The highest BCUT2D eigenvalue weighted by atomic mass is 32.2. The molecule has 0 atom stereocenters. The van der Waals surface area contributed by atoms with Crippen molar-refractivity contribution in [3.05, 3.63) is 54.1 Å². The molecule has 0 radical (unpaired) electrons. The Morgan fingerprint density at radius 1 is 1.23 bits per heavy atom. The predicted molar refractivity (Wildman–Crippen MR) is 122 cm³/mol. The fourth-order valence-corrected chi connectivity index (χ4v) is 3.99. The molecular formula is C23H30FN3O2S. The number of halogens is 1. The summed E-state index contributed by atoms with van der Waals surface area (Å²) < 4.78 is 17.7. The molecule has 0 fully saturated rings. The van der Waals surface area contributed by atoms with Gasteiger partial charge < -0.3 is 14.0 Å². The summed E-state index contributed by atoms with van der Waals surface area (Å²) in [5.74, 6) is 1.55. The monoisotopic (exact) mass is 431 g/mol. The van der Waals surface area contributed by atoms with Crippen LogP contribution in [-0.2, 0) is 18.3 Å². The van der Waals surface area contributed by atoms with E-state index < -0.39 is 0 Å². The highest BCUT2D eigenvalue weighted by molar-refractivity contribution is 8.00. The third-order valence-corrected chi connectivity index (χ3v) is 5.75. The molecule has 5 nitrogen and oxygen atoms in total. The number of aromatic nitrogens is 2. The summed E-state index contributed by atoms with van der Waals surface area (Å²) in [4.78, 5) is 14.2. The Kier molecular flexibility index (Phi) is 9.17. The number of hydrogen-bond donors (Lipinski definition) is 1. The molecular weight excluding hydrogens is 401 g/mol. The minimum atomic E-state index is -0.250. The second-order valence-corrected chi connectivity index (χ2v) is 8.54. The topological polar surface area (TPSA) is 58.4 Å². The summed E-state index contributed by atoms with van der Waals surface area (Å²) in [6.45, 7) is 7.33. The Bertz CT molecular complexity index is 942. The van der Waals surface area contributed by atoms with Crippen LogP contribution in [0.1, 0.15) is 39.4 Å². The summed E-state index contributed by atoms with van der Waals surface area (Å²) in [6.07, 6.45) is 3.17. The molecule has 1 heterocycles. The molecule has 162 valence electrons. The lowest BCUT2D eigenvalue weighted by Gasteiger charge is -2.24. The van der Waals surface area contributed by atoms with Gasteiger partial charge in [0.2, 0.25) is 0 Å². The Hall–Kier alpha value is -2.54. The lowest BCUT2D eigenvalue weighted by molar-refractivity contribution is -0.122. The van der Waals surface area contributed by atoms with Crippen molar-refractivity contribution in [3.8, 4) is 0 Å². The van der Waals surface area contributed by atoms with Crippen LogP contribution >= 0.6 is 11.9 Å². The van der Waals surface area contributed by atoms with Crippen LogP contribution in [0.2, 0.25) is 0 Å². The fraction of sp³-hybridized carbons (Fsp3) is 0.391. The summed E-state index contributed by atoms with van der Waals surface area (Å²) >= 11 is 1.65.